The van der Waals surface area contributed by atoms with Crippen LogP contribution in [0.15, 0.2) is 23.1 Å². The third-order valence-electron chi connectivity index (χ3n) is 3.07. The molecule has 7 nitrogen and oxygen atoms in total. The fourth-order valence-corrected chi connectivity index (χ4v) is 1.92. The number of hydrogen-bond acceptors (Lipinski definition) is 5. The lowest BCUT2D eigenvalue weighted by molar-refractivity contribution is 0.0504. The first-order valence-electron chi connectivity index (χ1n) is 7.25. The van der Waals surface area contributed by atoms with Crippen LogP contribution in [0.1, 0.15) is 45.0 Å². The zero-order chi connectivity index (χ0) is 17.8. The molecule has 0 saturated carbocycles. The topological polar surface area (TPSA) is 86.6 Å². The predicted molar refractivity (Wildman–Crippen MR) is 85.6 cm³/mol. The summed E-state index contributed by atoms with van der Waals surface area (Å²) in [6.07, 6.45) is 0.994. The highest BCUT2D eigenvalue weighted by Gasteiger charge is 2.26. The maximum absolute atomic E-state index is 12.4. The van der Waals surface area contributed by atoms with E-state index in [0.29, 0.717) is 0 Å². The number of nitrogens with one attached hydrogen (secondary N) is 1. The number of nitrogens with zero attached hydrogens (tertiary/aromatic N) is 1. The molecule has 1 aromatic heterocycles. The van der Waals surface area contributed by atoms with E-state index < -0.39 is 28.8 Å². The molecule has 1 rings (SSSR count). The van der Waals surface area contributed by atoms with Crippen LogP contribution in [0, 0.1) is 0 Å². The number of alkyl carbamates (subject to hydrolysis) is 1. The van der Waals surface area contributed by atoms with Gasteiger partial charge in [0.15, 0.2) is 0 Å². The molecule has 0 spiro atoms. The average molecular weight is 324 g/mol. The summed E-state index contributed by atoms with van der Waals surface area (Å²) in [5, 5.41) is 2.63. The highest BCUT2D eigenvalue weighted by atomic mass is 16.6. The van der Waals surface area contributed by atoms with Crippen molar-refractivity contribution in [3.05, 3.63) is 34.2 Å². The van der Waals surface area contributed by atoms with Gasteiger partial charge in [0.2, 0.25) is 0 Å². The Hall–Kier alpha value is -2.31. The van der Waals surface area contributed by atoms with E-state index in [1.165, 1.54) is 17.7 Å². The molecule has 0 radical (unpaired) electrons. The summed E-state index contributed by atoms with van der Waals surface area (Å²) in [5.41, 5.74) is -1.89. The molecule has 7 heteroatoms. The van der Waals surface area contributed by atoms with Crippen LogP contribution >= 0.6 is 0 Å². The van der Waals surface area contributed by atoms with E-state index in [2.05, 4.69) is 10.1 Å². The minimum Gasteiger partial charge on any atom is -0.465 e. The van der Waals surface area contributed by atoms with Crippen LogP contribution in [0.4, 0.5) is 4.79 Å². The number of pyridine rings is 1. The SMILES string of the molecule is COC(=O)c1cccn(C(C)(C)CNC(=O)OC(C)(C)C)c1=O. The van der Waals surface area contributed by atoms with E-state index in [-0.39, 0.29) is 12.1 Å². The number of hydrogen-bond donors (Lipinski definition) is 1. The van der Waals surface area contributed by atoms with Gasteiger partial charge >= 0.3 is 12.1 Å². The third-order valence-corrected chi connectivity index (χ3v) is 3.07. The molecule has 0 atom stereocenters. The van der Waals surface area contributed by atoms with Gasteiger partial charge in [-0.05, 0) is 46.8 Å². The Bertz CT molecular complexity index is 641. The van der Waals surface area contributed by atoms with Gasteiger partial charge in [-0.25, -0.2) is 9.59 Å². The molecule has 0 aliphatic heterocycles. The maximum Gasteiger partial charge on any atom is 0.407 e. The fourth-order valence-electron chi connectivity index (χ4n) is 1.92. The standard InChI is InChI=1S/C16H24N2O5/c1-15(2,3)23-14(21)17-10-16(4,5)18-9-7-8-11(12(18)19)13(20)22-6/h7-9H,10H2,1-6H3,(H,17,21). The van der Waals surface area contributed by atoms with Crippen LogP contribution in [-0.2, 0) is 15.0 Å². The molecule has 0 aliphatic carbocycles. The van der Waals surface area contributed by atoms with Crippen LogP contribution in [0.3, 0.4) is 0 Å². The molecule has 0 bridgehead atoms. The second-order valence-electron chi connectivity index (χ2n) is 6.76. The van der Waals surface area contributed by atoms with E-state index >= 15 is 0 Å². The first kappa shape index (κ1) is 18.7. The monoisotopic (exact) mass is 324 g/mol. The largest absolute Gasteiger partial charge is 0.465 e. The minimum absolute atomic E-state index is 0.0552. The summed E-state index contributed by atoms with van der Waals surface area (Å²) in [5.74, 6) is -0.694. The molecule has 23 heavy (non-hydrogen) atoms. The van der Waals surface area contributed by atoms with E-state index in [4.69, 9.17) is 4.74 Å². The van der Waals surface area contributed by atoms with Crippen molar-refractivity contribution >= 4 is 12.1 Å². The molecule has 0 unspecified atom stereocenters. The van der Waals surface area contributed by atoms with Gasteiger partial charge in [-0.2, -0.15) is 0 Å². The minimum atomic E-state index is -0.752. The highest BCUT2D eigenvalue weighted by Crippen LogP contribution is 2.13. The Morgan fingerprint density at radius 2 is 1.83 bits per heavy atom. The van der Waals surface area contributed by atoms with Gasteiger partial charge in [-0.15, -0.1) is 0 Å². The molecule has 128 valence electrons. The van der Waals surface area contributed by atoms with Crippen LogP contribution in [0.5, 0.6) is 0 Å². The summed E-state index contributed by atoms with van der Waals surface area (Å²) in [6, 6.07) is 2.99. The number of esters is 1. The molecule has 0 aromatic carbocycles. The highest BCUT2D eigenvalue weighted by molar-refractivity contribution is 5.88. The number of ether oxygens (including phenoxy) is 2. The average Bonchev–Trinajstić information content (AvgIpc) is 2.42. The number of aromatic nitrogens is 1. The van der Waals surface area contributed by atoms with Gasteiger partial charge in [0.25, 0.3) is 5.56 Å². The van der Waals surface area contributed by atoms with Gasteiger partial charge in [-0.3, -0.25) is 4.79 Å². The fraction of sp³-hybridized carbons (Fsp3) is 0.562. The normalized spacial score (nSPS) is 11.7. The smallest absolute Gasteiger partial charge is 0.407 e. The number of methoxy groups -OCH3 is 1. The van der Waals surface area contributed by atoms with E-state index in [9.17, 15) is 14.4 Å². The quantitative estimate of drug-likeness (QED) is 0.855. The van der Waals surface area contributed by atoms with Crippen molar-refractivity contribution in [2.75, 3.05) is 13.7 Å². The van der Waals surface area contributed by atoms with Crippen molar-refractivity contribution in [1.82, 2.24) is 9.88 Å². The van der Waals surface area contributed by atoms with Crippen molar-refractivity contribution in [2.45, 2.75) is 45.8 Å². The van der Waals surface area contributed by atoms with Gasteiger partial charge in [-0.1, -0.05) is 0 Å². The molecular formula is C16H24N2O5. The number of amides is 1. The van der Waals surface area contributed by atoms with Gasteiger partial charge in [0.1, 0.15) is 11.2 Å². The summed E-state index contributed by atoms with van der Waals surface area (Å²) in [4.78, 5) is 35.8. The van der Waals surface area contributed by atoms with Crippen LogP contribution < -0.4 is 10.9 Å². The zero-order valence-electron chi connectivity index (χ0n) is 14.4. The van der Waals surface area contributed by atoms with Crippen molar-refractivity contribution < 1.29 is 19.1 Å². The second-order valence-corrected chi connectivity index (χ2v) is 6.76. The molecule has 1 amide bonds. The Labute approximate surface area is 135 Å². The van der Waals surface area contributed by atoms with Crippen molar-refractivity contribution in [2.24, 2.45) is 0 Å². The second kappa shape index (κ2) is 6.85. The van der Waals surface area contributed by atoms with Crippen molar-refractivity contribution in [3.8, 4) is 0 Å². The van der Waals surface area contributed by atoms with Gasteiger partial charge in [0, 0.05) is 12.7 Å². The first-order valence-corrected chi connectivity index (χ1v) is 7.25. The summed E-state index contributed by atoms with van der Waals surface area (Å²) < 4.78 is 11.1. The van der Waals surface area contributed by atoms with Crippen LogP contribution in [0.25, 0.3) is 0 Å². The molecule has 1 heterocycles. The summed E-state index contributed by atoms with van der Waals surface area (Å²) in [7, 11) is 1.22. The zero-order valence-corrected chi connectivity index (χ0v) is 14.4. The molecule has 1 N–H and O–H groups in total. The molecular weight excluding hydrogens is 300 g/mol. The third kappa shape index (κ3) is 5.12. The lowest BCUT2D eigenvalue weighted by Gasteiger charge is -2.29. The van der Waals surface area contributed by atoms with Gasteiger partial charge < -0.3 is 19.4 Å². The Kier molecular flexibility index (Phi) is 5.58. The van der Waals surface area contributed by atoms with Crippen molar-refractivity contribution in [1.29, 1.82) is 0 Å². The Morgan fingerprint density at radius 1 is 1.22 bits per heavy atom. The number of carbonyl (C=O) groups is 2. The van der Waals surface area contributed by atoms with E-state index in [1.807, 2.05) is 0 Å². The summed E-state index contributed by atoms with van der Waals surface area (Å²) in [6.45, 7) is 9.00. The van der Waals surface area contributed by atoms with Crippen LogP contribution in [0.2, 0.25) is 0 Å². The van der Waals surface area contributed by atoms with Gasteiger partial charge in [0.05, 0.1) is 12.6 Å². The van der Waals surface area contributed by atoms with Crippen molar-refractivity contribution in [3.63, 3.8) is 0 Å². The molecule has 0 fully saturated rings. The molecule has 1 aromatic rings. The number of carbonyl (C=O) groups excluding carboxylic acids is 2. The van der Waals surface area contributed by atoms with Crippen LogP contribution in [-0.4, -0.2) is 35.9 Å². The lowest BCUT2D eigenvalue weighted by atomic mass is 10.0. The first-order chi connectivity index (χ1) is 10.5. The van der Waals surface area contributed by atoms with E-state index in [1.54, 1.807) is 46.9 Å². The summed E-state index contributed by atoms with van der Waals surface area (Å²) >= 11 is 0. The number of rotatable bonds is 4. The molecule has 0 saturated heterocycles. The Morgan fingerprint density at radius 3 is 2.35 bits per heavy atom. The lowest BCUT2D eigenvalue weighted by Crippen LogP contribution is -2.47. The maximum atomic E-state index is 12.4. The Balaban J connectivity index is 2.95. The predicted octanol–water partition coefficient (Wildman–Crippen LogP) is 1.89. The van der Waals surface area contributed by atoms with E-state index in [0.717, 1.165) is 0 Å². The molecule has 0 aliphatic rings.